The summed E-state index contributed by atoms with van der Waals surface area (Å²) < 4.78 is 5.52. The number of fused-ring (bicyclic) bond motifs is 1. The maximum atomic E-state index is 12.2. The number of anilines is 1. The van der Waals surface area contributed by atoms with Crippen LogP contribution in [0.15, 0.2) is 54.6 Å². The molecular formula is C17H17NO2. The van der Waals surface area contributed by atoms with Crippen LogP contribution in [0.1, 0.15) is 11.1 Å². The summed E-state index contributed by atoms with van der Waals surface area (Å²) in [5.41, 5.74) is 3.35. The number of hydrogen-bond donors (Lipinski definition) is 0. The zero-order chi connectivity index (χ0) is 13.8. The highest BCUT2D eigenvalue weighted by molar-refractivity contribution is 5.96. The Balaban J connectivity index is 1.56. The first-order valence-corrected chi connectivity index (χ1v) is 6.84. The number of ether oxygens (including phenoxy) is 1. The maximum absolute atomic E-state index is 12.2. The maximum Gasteiger partial charge on any atom is 0.253 e. The number of nitrogens with zero attached hydrogens (tertiary/aromatic N) is 1. The van der Waals surface area contributed by atoms with Crippen LogP contribution in [0.25, 0.3) is 0 Å². The van der Waals surface area contributed by atoms with Gasteiger partial charge in [0.15, 0.2) is 0 Å². The standard InChI is InChI=1S/C17H17NO2/c19-17(13-20-12-14-6-2-1-3-7-14)18-11-10-15-8-4-5-9-16(15)18/h1-9H,10-13H2. The van der Waals surface area contributed by atoms with Gasteiger partial charge in [0.2, 0.25) is 0 Å². The molecule has 2 aromatic carbocycles. The van der Waals surface area contributed by atoms with Crippen LogP contribution in [-0.4, -0.2) is 19.1 Å². The third-order valence-electron chi connectivity index (χ3n) is 3.53. The highest BCUT2D eigenvalue weighted by Crippen LogP contribution is 2.27. The Morgan fingerprint density at radius 2 is 1.80 bits per heavy atom. The minimum atomic E-state index is 0.0332. The fraction of sp³-hybridized carbons (Fsp3) is 0.235. The summed E-state index contributed by atoms with van der Waals surface area (Å²) in [6.07, 6.45) is 0.931. The van der Waals surface area contributed by atoms with Crippen LogP contribution in [0, 0.1) is 0 Å². The highest BCUT2D eigenvalue weighted by atomic mass is 16.5. The summed E-state index contributed by atoms with van der Waals surface area (Å²) in [6, 6.07) is 18.0. The quantitative estimate of drug-likeness (QED) is 0.852. The number of rotatable bonds is 4. The summed E-state index contributed by atoms with van der Waals surface area (Å²) in [6.45, 7) is 1.36. The van der Waals surface area contributed by atoms with Crippen molar-refractivity contribution in [3.05, 3.63) is 65.7 Å². The van der Waals surface area contributed by atoms with Crippen molar-refractivity contribution < 1.29 is 9.53 Å². The number of para-hydroxylation sites is 1. The Morgan fingerprint density at radius 1 is 1.05 bits per heavy atom. The van der Waals surface area contributed by atoms with Gasteiger partial charge in [-0.2, -0.15) is 0 Å². The Hall–Kier alpha value is -2.13. The molecule has 2 aromatic rings. The van der Waals surface area contributed by atoms with Crippen molar-refractivity contribution in [1.82, 2.24) is 0 Å². The molecule has 1 amide bonds. The van der Waals surface area contributed by atoms with Crippen molar-refractivity contribution in [2.75, 3.05) is 18.1 Å². The second-order valence-corrected chi connectivity index (χ2v) is 4.90. The topological polar surface area (TPSA) is 29.5 Å². The Labute approximate surface area is 118 Å². The molecule has 0 unspecified atom stereocenters. The lowest BCUT2D eigenvalue weighted by molar-refractivity contribution is -0.123. The van der Waals surface area contributed by atoms with E-state index in [0.717, 1.165) is 24.2 Å². The summed E-state index contributed by atoms with van der Waals surface area (Å²) in [5, 5.41) is 0. The van der Waals surface area contributed by atoms with Gasteiger partial charge in [-0.05, 0) is 23.6 Å². The fourth-order valence-corrected chi connectivity index (χ4v) is 2.51. The lowest BCUT2D eigenvalue weighted by atomic mass is 10.2. The third kappa shape index (κ3) is 2.73. The molecule has 0 saturated heterocycles. The molecule has 3 heteroatoms. The first kappa shape index (κ1) is 12.9. The molecule has 20 heavy (non-hydrogen) atoms. The van der Waals surface area contributed by atoms with Crippen LogP contribution in [0.5, 0.6) is 0 Å². The molecule has 1 heterocycles. The molecule has 0 saturated carbocycles. The van der Waals surface area contributed by atoms with Gasteiger partial charge in [0.25, 0.3) is 5.91 Å². The van der Waals surface area contributed by atoms with E-state index in [9.17, 15) is 4.79 Å². The summed E-state index contributed by atoms with van der Waals surface area (Å²) in [5.74, 6) is 0.0332. The average Bonchev–Trinajstić information content (AvgIpc) is 2.92. The van der Waals surface area contributed by atoms with E-state index in [2.05, 4.69) is 6.07 Å². The fourth-order valence-electron chi connectivity index (χ4n) is 2.51. The monoisotopic (exact) mass is 267 g/mol. The van der Waals surface area contributed by atoms with Crippen LogP contribution in [0.3, 0.4) is 0 Å². The SMILES string of the molecule is O=C(COCc1ccccc1)N1CCc2ccccc21. The van der Waals surface area contributed by atoms with Gasteiger partial charge in [-0.1, -0.05) is 48.5 Å². The van der Waals surface area contributed by atoms with Crippen molar-refractivity contribution in [1.29, 1.82) is 0 Å². The minimum absolute atomic E-state index is 0.0332. The number of benzene rings is 2. The Kier molecular flexibility index (Phi) is 3.79. The average molecular weight is 267 g/mol. The molecule has 0 bridgehead atoms. The van der Waals surface area contributed by atoms with Gasteiger partial charge in [0.05, 0.1) is 6.61 Å². The van der Waals surface area contributed by atoms with Crippen LogP contribution >= 0.6 is 0 Å². The number of amides is 1. The normalized spacial score (nSPS) is 13.3. The lowest BCUT2D eigenvalue weighted by Gasteiger charge is -2.17. The molecule has 0 fully saturated rings. The van der Waals surface area contributed by atoms with Gasteiger partial charge < -0.3 is 9.64 Å². The highest BCUT2D eigenvalue weighted by Gasteiger charge is 2.23. The van der Waals surface area contributed by atoms with Crippen molar-refractivity contribution in [3.8, 4) is 0 Å². The largest absolute Gasteiger partial charge is 0.367 e. The predicted molar refractivity (Wildman–Crippen MR) is 78.6 cm³/mol. The second-order valence-electron chi connectivity index (χ2n) is 4.90. The molecule has 0 spiro atoms. The molecule has 1 aliphatic rings. The van der Waals surface area contributed by atoms with Crippen molar-refractivity contribution >= 4 is 11.6 Å². The van der Waals surface area contributed by atoms with Crippen molar-refractivity contribution in [3.63, 3.8) is 0 Å². The van der Waals surface area contributed by atoms with Crippen molar-refractivity contribution in [2.45, 2.75) is 13.0 Å². The zero-order valence-corrected chi connectivity index (χ0v) is 11.3. The third-order valence-corrected chi connectivity index (χ3v) is 3.53. The number of hydrogen-bond acceptors (Lipinski definition) is 2. The smallest absolute Gasteiger partial charge is 0.253 e. The Bertz CT molecular complexity index is 595. The molecule has 3 rings (SSSR count). The summed E-state index contributed by atoms with van der Waals surface area (Å²) in [7, 11) is 0. The van der Waals surface area contributed by atoms with E-state index in [0.29, 0.717) is 6.61 Å². The van der Waals surface area contributed by atoms with E-state index in [1.165, 1.54) is 5.56 Å². The molecule has 3 nitrogen and oxygen atoms in total. The van der Waals surface area contributed by atoms with Crippen LogP contribution < -0.4 is 4.90 Å². The van der Waals surface area contributed by atoms with Crippen LogP contribution in [0.2, 0.25) is 0 Å². The van der Waals surface area contributed by atoms with Crippen LogP contribution in [-0.2, 0) is 22.6 Å². The molecular weight excluding hydrogens is 250 g/mol. The lowest BCUT2D eigenvalue weighted by Crippen LogP contribution is -2.32. The second kappa shape index (κ2) is 5.88. The summed E-state index contributed by atoms with van der Waals surface area (Å²) >= 11 is 0. The van der Waals surface area contributed by atoms with Gasteiger partial charge in [-0.3, -0.25) is 4.79 Å². The predicted octanol–water partition coefficient (Wildman–Crippen LogP) is 2.79. The first-order valence-electron chi connectivity index (χ1n) is 6.84. The molecule has 0 aromatic heterocycles. The van der Waals surface area contributed by atoms with E-state index in [4.69, 9.17) is 4.74 Å². The van der Waals surface area contributed by atoms with E-state index in [1.54, 1.807) is 0 Å². The Morgan fingerprint density at radius 3 is 2.65 bits per heavy atom. The van der Waals surface area contributed by atoms with Gasteiger partial charge in [-0.15, -0.1) is 0 Å². The van der Waals surface area contributed by atoms with Gasteiger partial charge in [0, 0.05) is 12.2 Å². The van der Waals surface area contributed by atoms with Crippen molar-refractivity contribution in [2.24, 2.45) is 0 Å². The molecule has 0 radical (unpaired) electrons. The van der Waals surface area contributed by atoms with Crippen LogP contribution in [0.4, 0.5) is 5.69 Å². The van der Waals surface area contributed by atoms with E-state index >= 15 is 0 Å². The first-order chi connectivity index (χ1) is 9.84. The summed E-state index contributed by atoms with van der Waals surface area (Å²) in [4.78, 5) is 14.0. The molecule has 0 aliphatic carbocycles. The molecule has 1 aliphatic heterocycles. The van der Waals surface area contributed by atoms with Gasteiger partial charge >= 0.3 is 0 Å². The molecule has 102 valence electrons. The van der Waals surface area contributed by atoms with E-state index < -0.39 is 0 Å². The van der Waals surface area contributed by atoms with Gasteiger partial charge in [-0.25, -0.2) is 0 Å². The van der Waals surface area contributed by atoms with Gasteiger partial charge in [0.1, 0.15) is 6.61 Å². The van der Waals surface area contributed by atoms with E-state index in [-0.39, 0.29) is 12.5 Å². The number of carbonyl (C=O) groups is 1. The number of carbonyl (C=O) groups excluding carboxylic acids is 1. The minimum Gasteiger partial charge on any atom is -0.367 e. The molecule has 0 N–H and O–H groups in total. The molecule has 0 atom stereocenters. The zero-order valence-electron chi connectivity index (χ0n) is 11.3. The van der Waals surface area contributed by atoms with E-state index in [1.807, 2.05) is 53.4 Å².